The van der Waals surface area contributed by atoms with E-state index in [9.17, 15) is 9.90 Å². The smallest absolute Gasteiger partial charge is 0.273 e. The zero-order chi connectivity index (χ0) is 28.6. The highest BCUT2D eigenvalue weighted by Crippen LogP contribution is 2.46. The average Bonchev–Trinajstić information content (AvgIpc) is 3.51. The number of aryl methyl sites for hydroxylation is 1. The lowest BCUT2D eigenvalue weighted by Crippen LogP contribution is -2.31. The third-order valence-corrected chi connectivity index (χ3v) is 7.62. The second-order valence-corrected chi connectivity index (χ2v) is 9.84. The molecule has 2 heterocycles. The number of aromatic nitrogens is 2. The number of ether oxygens (including phenoxy) is 4. The summed E-state index contributed by atoms with van der Waals surface area (Å²) in [4.78, 5) is 15.6. The maximum absolute atomic E-state index is 13.8. The van der Waals surface area contributed by atoms with Crippen molar-refractivity contribution in [2.24, 2.45) is 0 Å². The predicted octanol–water partition coefficient (Wildman–Crippen LogP) is 5.57. The number of phenols is 1. The van der Waals surface area contributed by atoms with E-state index in [1.165, 1.54) is 0 Å². The molecule has 0 bridgehead atoms. The summed E-state index contributed by atoms with van der Waals surface area (Å²) in [7, 11) is 6.32. The number of methoxy groups -OCH3 is 4. The molecule has 0 spiro atoms. The van der Waals surface area contributed by atoms with Crippen molar-refractivity contribution in [2.75, 3.05) is 35.0 Å². The first kappa shape index (κ1) is 27.2. The van der Waals surface area contributed by atoms with Crippen LogP contribution in [0.25, 0.3) is 11.3 Å². The van der Waals surface area contributed by atoms with Crippen molar-refractivity contribution in [1.29, 1.82) is 0 Å². The summed E-state index contributed by atoms with van der Waals surface area (Å²) in [5, 5.41) is 18.7. The summed E-state index contributed by atoms with van der Waals surface area (Å²) < 4.78 is 21.8. The highest BCUT2D eigenvalue weighted by Gasteiger charge is 2.42. The van der Waals surface area contributed by atoms with E-state index in [0.29, 0.717) is 63.5 Å². The van der Waals surface area contributed by atoms with Crippen LogP contribution in [0.3, 0.4) is 0 Å². The fraction of sp³-hybridized carbons (Fsp3) is 0.267. The highest BCUT2D eigenvalue weighted by molar-refractivity contribution is 6.31. The normalized spacial score (nSPS) is 14.3. The SMILES string of the molecule is COc1ccc(CCN2C(=O)c3[nH]nc(-c4cc(Cl)c(C)cc4O)c3C2c2ccc(OC)c(OC)c2)cc1OC. The first-order chi connectivity index (χ1) is 19.3. The van der Waals surface area contributed by atoms with Crippen LogP contribution in [0.4, 0.5) is 0 Å². The summed E-state index contributed by atoms with van der Waals surface area (Å²) in [6.45, 7) is 2.21. The van der Waals surface area contributed by atoms with Crippen LogP contribution in [-0.2, 0) is 6.42 Å². The lowest BCUT2D eigenvalue weighted by Gasteiger charge is -2.27. The second-order valence-electron chi connectivity index (χ2n) is 9.43. The minimum atomic E-state index is -0.518. The molecule has 10 heteroatoms. The Morgan fingerprint density at radius 2 is 1.57 bits per heavy atom. The van der Waals surface area contributed by atoms with Crippen molar-refractivity contribution < 1.29 is 28.8 Å². The minimum absolute atomic E-state index is 0.0264. The van der Waals surface area contributed by atoms with Crippen LogP contribution in [0, 0.1) is 6.92 Å². The second kappa shape index (κ2) is 11.0. The fourth-order valence-electron chi connectivity index (χ4n) is 5.14. The Labute approximate surface area is 237 Å². The van der Waals surface area contributed by atoms with Crippen molar-refractivity contribution in [3.63, 3.8) is 0 Å². The Hall–Kier alpha value is -4.37. The van der Waals surface area contributed by atoms with E-state index < -0.39 is 6.04 Å². The topological polar surface area (TPSA) is 106 Å². The van der Waals surface area contributed by atoms with E-state index >= 15 is 0 Å². The zero-order valence-corrected chi connectivity index (χ0v) is 23.6. The number of fused-ring (bicyclic) bond motifs is 1. The molecule has 2 N–H and O–H groups in total. The molecule has 0 saturated heterocycles. The van der Waals surface area contributed by atoms with Gasteiger partial charge in [-0.25, -0.2) is 0 Å². The third kappa shape index (κ3) is 4.66. The summed E-state index contributed by atoms with van der Waals surface area (Å²) in [6, 6.07) is 14.0. The molecule has 9 nitrogen and oxygen atoms in total. The van der Waals surface area contributed by atoms with Crippen molar-refractivity contribution >= 4 is 17.5 Å². The van der Waals surface area contributed by atoms with Gasteiger partial charge in [0, 0.05) is 22.7 Å². The molecule has 1 aliphatic rings. The van der Waals surface area contributed by atoms with Crippen LogP contribution in [0.15, 0.2) is 48.5 Å². The van der Waals surface area contributed by atoms with Crippen molar-refractivity contribution in [2.45, 2.75) is 19.4 Å². The lowest BCUT2D eigenvalue weighted by atomic mass is 9.94. The summed E-state index contributed by atoms with van der Waals surface area (Å²) in [6.07, 6.45) is 0.560. The molecule has 3 aromatic carbocycles. The Kier molecular flexibility index (Phi) is 7.49. The zero-order valence-electron chi connectivity index (χ0n) is 22.9. The summed E-state index contributed by atoms with van der Waals surface area (Å²) in [5.41, 5.74) is 4.42. The molecule has 0 fully saturated rings. The van der Waals surface area contributed by atoms with E-state index in [1.807, 2.05) is 43.3 Å². The minimum Gasteiger partial charge on any atom is -0.507 e. The van der Waals surface area contributed by atoms with Crippen LogP contribution >= 0.6 is 11.6 Å². The Morgan fingerprint density at radius 1 is 0.925 bits per heavy atom. The largest absolute Gasteiger partial charge is 0.507 e. The van der Waals surface area contributed by atoms with E-state index in [-0.39, 0.29) is 11.7 Å². The number of H-pyrrole nitrogens is 1. The molecule has 1 amide bonds. The third-order valence-electron chi connectivity index (χ3n) is 7.21. The number of nitrogens with one attached hydrogen (secondary N) is 1. The molecule has 1 atom stereocenters. The molecule has 40 heavy (non-hydrogen) atoms. The van der Waals surface area contributed by atoms with Gasteiger partial charge in [0.2, 0.25) is 0 Å². The molecule has 0 aliphatic carbocycles. The van der Waals surface area contributed by atoms with Gasteiger partial charge in [-0.2, -0.15) is 5.10 Å². The van der Waals surface area contributed by atoms with E-state index in [1.54, 1.807) is 45.5 Å². The molecule has 0 saturated carbocycles. The number of rotatable bonds is 9. The van der Waals surface area contributed by atoms with Gasteiger partial charge in [-0.1, -0.05) is 23.7 Å². The maximum atomic E-state index is 13.8. The Balaban J connectivity index is 1.60. The number of amides is 1. The number of benzene rings is 3. The van der Waals surface area contributed by atoms with E-state index in [0.717, 1.165) is 16.7 Å². The maximum Gasteiger partial charge on any atom is 0.273 e. The number of hydrogen-bond donors (Lipinski definition) is 2. The van der Waals surface area contributed by atoms with E-state index in [4.69, 9.17) is 30.5 Å². The average molecular weight is 564 g/mol. The Bertz CT molecular complexity index is 1580. The number of nitrogens with zero attached hydrogens (tertiary/aromatic N) is 2. The molecule has 5 rings (SSSR count). The Morgan fingerprint density at radius 3 is 2.25 bits per heavy atom. The molecular formula is C30H30ClN3O6. The van der Waals surface area contributed by atoms with Gasteiger partial charge in [-0.05, 0) is 66.4 Å². The first-order valence-electron chi connectivity index (χ1n) is 12.6. The number of aromatic amines is 1. The van der Waals surface area contributed by atoms with Crippen molar-refractivity contribution in [3.8, 4) is 40.0 Å². The van der Waals surface area contributed by atoms with Crippen molar-refractivity contribution in [3.05, 3.63) is 81.5 Å². The summed E-state index contributed by atoms with van der Waals surface area (Å²) >= 11 is 6.43. The van der Waals surface area contributed by atoms with Gasteiger partial charge >= 0.3 is 0 Å². The number of aromatic hydroxyl groups is 1. The van der Waals surface area contributed by atoms with Gasteiger partial charge in [-0.3, -0.25) is 9.89 Å². The monoisotopic (exact) mass is 563 g/mol. The fourth-order valence-corrected chi connectivity index (χ4v) is 5.31. The molecular weight excluding hydrogens is 534 g/mol. The van der Waals surface area contributed by atoms with Gasteiger partial charge in [0.1, 0.15) is 17.1 Å². The highest BCUT2D eigenvalue weighted by atomic mass is 35.5. The van der Waals surface area contributed by atoms with Crippen LogP contribution < -0.4 is 18.9 Å². The van der Waals surface area contributed by atoms with Crippen LogP contribution in [0.2, 0.25) is 5.02 Å². The predicted molar refractivity (Wildman–Crippen MR) is 151 cm³/mol. The van der Waals surface area contributed by atoms with Crippen LogP contribution in [0.5, 0.6) is 28.7 Å². The summed E-state index contributed by atoms with van der Waals surface area (Å²) in [5.74, 6) is 2.18. The van der Waals surface area contributed by atoms with Gasteiger partial charge in [0.15, 0.2) is 23.0 Å². The molecule has 0 radical (unpaired) electrons. The molecule has 1 unspecified atom stereocenters. The van der Waals surface area contributed by atoms with Crippen molar-refractivity contribution in [1.82, 2.24) is 15.1 Å². The first-order valence-corrected chi connectivity index (χ1v) is 13.0. The number of halogens is 1. The number of phenolic OH excluding ortho intramolecular Hbond substituents is 1. The number of carbonyl (C=O) groups excluding carboxylic acids is 1. The molecule has 4 aromatic rings. The van der Waals surface area contributed by atoms with Crippen LogP contribution in [-0.4, -0.2) is 61.1 Å². The van der Waals surface area contributed by atoms with Gasteiger partial charge in [0.25, 0.3) is 5.91 Å². The molecule has 208 valence electrons. The quantitative estimate of drug-likeness (QED) is 0.274. The van der Waals surface area contributed by atoms with E-state index in [2.05, 4.69) is 10.2 Å². The van der Waals surface area contributed by atoms with Crippen LogP contribution in [0.1, 0.15) is 38.8 Å². The standard InChI is InChI=1S/C30H30ClN3O6/c1-16-12-21(35)19(15-20(16)31)27-26-28(33-32-27)30(36)34(11-10-17-6-8-22(37-2)24(13-17)39-4)29(26)18-7-9-23(38-3)25(14-18)40-5/h6-9,12-15,29,35H,10-11H2,1-5H3,(H,32,33). The lowest BCUT2D eigenvalue weighted by molar-refractivity contribution is 0.0745. The molecule has 1 aliphatic heterocycles. The number of carbonyl (C=O) groups is 1. The van der Waals surface area contributed by atoms with Gasteiger partial charge < -0.3 is 29.0 Å². The molecule has 1 aromatic heterocycles. The van der Waals surface area contributed by atoms with Gasteiger partial charge in [0.05, 0.1) is 34.5 Å². The number of hydrogen-bond acceptors (Lipinski definition) is 7. The van der Waals surface area contributed by atoms with Gasteiger partial charge in [-0.15, -0.1) is 0 Å².